The van der Waals surface area contributed by atoms with Gasteiger partial charge < -0.3 is 10.6 Å². The van der Waals surface area contributed by atoms with Gasteiger partial charge in [-0.3, -0.25) is 9.88 Å². The highest BCUT2D eigenvalue weighted by molar-refractivity contribution is 5.90. The van der Waals surface area contributed by atoms with Crippen molar-refractivity contribution in [1.82, 2.24) is 15.2 Å². The SMILES string of the molecule is Cc1ccccc1NC(=O)N[C@@H]1C2CCN(CC2)[C@H]1Cc1cccnc1. The summed E-state index contributed by atoms with van der Waals surface area (Å²) < 4.78 is 0. The Morgan fingerprint density at radius 1 is 1.19 bits per heavy atom. The first-order valence-electron chi connectivity index (χ1n) is 9.47. The molecule has 5 heteroatoms. The smallest absolute Gasteiger partial charge is 0.319 e. The van der Waals surface area contributed by atoms with Crippen LogP contribution in [-0.4, -0.2) is 41.1 Å². The first-order valence-corrected chi connectivity index (χ1v) is 9.47. The summed E-state index contributed by atoms with van der Waals surface area (Å²) in [6, 6.07) is 12.4. The van der Waals surface area contributed by atoms with Crippen LogP contribution >= 0.6 is 0 Å². The largest absolute Gasteiger partial charge is 0.333 e. The molecule has 136 valence electrons. The van der Waals surface area contributed by atoms with Crippen molar-refractivity contribution in [3.63, 3.8) is 0 Å². The summed E-state index contributed by atoms with van der Waals surface area (Å²) in [6.07, 6.45) is 7.01. The highest BCUT2D eigenvalue weighted by Gasteiger charge is 2.42. The van der Waals surface area contributed by atoms with Gasteiger partial charge in [0.1, 0.15) is 0 Å². The van der Waals surface area contributed by atoms with E-state index in [1.54, 1.807) is 0 Å². The Morgan fingerprint density at radius 3 is 2.73 bits per heavy atom. The van der Waals surface area contributed by atoms with Crippen molar-refractivity contribution in [2.24, 2.45) is 5.92 Å². The lowest BCUT2D eigenvalue weighted by Gasteiger charge is -2.51. The number of nitrogens with zero attached hydrogens (tertiary/aromatic N) is 2. The van der Waals surface area contributed by atoms with Gasteiger partial charge in [0, 0.05) is 30.2 Å². The standard InChI is InChI=1S/C21H26N4O/c1-15-5-2-3-7-18(15)23-21(26)24-20-17-8-11-25(12-9-17)19(20)13-16-6-4-10-22-14-16/h2-7,10,14,17,19-20H,8-9,11-13H2,1H3,(H2,23,24,26)/t19-,20+/m0/s1. The molecule has 0 aliphatic carbocycles. The summed E-state index contributed by atoms with van der Waals surface area (Å²) in [4.78, 5) is 19.4. The molecular formula is C21H26N4O. The molecule has 5 nitrogen and oxygen atoms in total. The fourth-order valence-electron chi connectivity index (χ4n) is 4.40. The Kier molecular flexibility index (Phi) is 4.89. The molecule has 2 bridgehead atoms. The van der Waals surface area contributed by atoms with Crippen molar-refractivity contribution < 1.29 is 4.79 Å². The molecule has 3 aliphatic heterocycles. The summed E-state index contributed by atoms with van der Waals surface area (Å²) in [5.74, 6) is 0.560. The van der Waals surface area contributed by atoms with Gasteiger partial charge in [-0.25, -0.2) is 4.79 Å². The quantitative estimate of drug-likeness (QED) is 0.890. The maximum absolute atomic E-state index is 12.7. The number of hydrogen-bond donors (Lipinski definition) is 2. The number of aromatic nitrogens is 1. The second kappa shape index (κ2) is 7.46. The topological polar surface area (TPSA) is 57.3 Å². The van der Waals surface area contributed by atoms with Crippen LogP contribution in [0, 0.1) is 12.8 Å². The zero-order valence-electron chi connectivity index (χ0n) is 15.2. The highest BCUT2D eigenvalue weighted by Crippen LogP contribution is 2.34. The minimum atomic E-state index is -0.103. The van der Waals surface area contributed by atoms with E-state index in [9.17, 15) is 4.79 Å². The second-order valence-corrected chi connectivity index (χ2v) is 7.45. The maximum Gasteiger partial charge on any atom is 0.319 e. The predicted octanol–water partition coefficient (Wildman–Crippen LogP) is 3.22. The van der Waals surface area contributed by atoms with Gasteiger partial charge in [-0.2, -0.15) is 0 Å². The van der Waals surface area contributed by atoms with E-state index in [0.717, 1.165) is 30.8 Å². The molecule has 0 unspecified atom stereocenters. The molecule has 3 aliphatic rings. The number of nitrogens with one attached hydrogen (secondary N) is 2. The first kappa shape index (κ1) is 17.0. The average molecular weight is 350 g/mol. The van der Waals surface area contributed by atoms with Crippen molar-refractivity contribution in [3.8, 4) is 0 Å². The van der Waals surface area contributed by atoms with Gasteiger partial charge in [0.2, 0.25) is 0 Å². The highest BCUT2D eigenvalue weighted by atomic mass is 16.2. The summed E-state index contributed by atoms with van der Waals surface area (Å²) in [6.45, 7) is 4.27. The van der Waals surface area contributed by atoms with Crippen LogP contribution in [0.5, 0.6) is 0 Å². The predicted molar refractivity (Wildman–Crippen MR) is 103 cm³/mol. The molecule has 26 heavy (non-hydrogen) atoms. The van der Waals surface area contributed by atoms with E-state index < -0.39 is 0 Å². The fraction of sp³-hybridized carbons (Fsp3) is 0.429. The molecule has 3 fully saturated rings. The maximum atomic E-state index is 12.7. The van der Waals surface area contributed by atoms with E-state index in [1.165, 1.54) is 18.4 Å². The van der Waals surface area contributed by atoms with E-state index in [0.29, 0.717) is 12.0 Å². The lowest BCUT2D eigenvalue weighted by atomic mass is 9.77. The molecule has 0 spiro atoms. The molecular weight excluding hydrogens is 324 g/mol. The Balaban J connectivity index is 1.47. The third-order valence-electron chi connectivity index (χ3n) is 5.82. The van der Waals surface area contributed by atoms with Crippen LogP contribution in [0.3, 0.4) is 0 Å². The Labute approximate surface area is 154 Å². The van der Waals surface area contributed by atoms with Gasteiger partial charge in [-0.15, -0.1) is 0 Å². The minimum absolute atomic E-state index is 0.103. The van der Waals surface area contributed by atoms with Crippen molar-refractivity contribution in [2.45, 2.75) is 38.3 Å². The number of aryl methyl sites for hydroxylation is 1. The van der Waals surface area contributed by atoms with Gasteiger partial charge in [-0.05, 0) is 68.5 Å². The number of rotatable bonds is 4. The Hall–Kier alpha value is -2.40. The van der Waals surface area contributed by atoms with E-state index >= 15 is 0 Å². The Bertz CT molecular complexity index is 756. The van der Waals surface area contributed by atoms with Gasteiger partial charge in [-0.1, -0.05) is 24.3 Å². The third-order valence-corrected chi connectivity index (χ3v) is 5.82. The number of hydrogen-bond acceptors (Lipinski definition) is 3. The minimum Gasteiger partial charge on any atom is -0.333 e. The van der Waals surface area contributed by atoms with Crippen molar-refractivity contribution in [1.29, 1.82) is 0 Å². The fourth-order valence-corrected chi connectivity index (χ4v) is 4.40. The van der Waals surface area contributed by atoms with Gasteiger partial charge in [0.15, 0.2) is 0 Å². The lowest BCUT2D eigenvalue weighted by molar-refractivity contribution is 0.0184. The Morgan fingerprint density at radius 2 is 2.00 bits per heavy atom. The number of pyridine rings is 1. The van der Waals surface area contributed by atoms with Crippen LogP contribution in [-0.2, 0) is 6.42 Å². The molecule has 1 aromatic heterocycles. The monoisotopic (exact) mass is 350 g/mol. The molecule has 2 amide bonds. The molecule has 0 radical (unpaired) electrons. The number of urea groups is 1. The van der Waals surface area contributed by atoms with Gasteiger partial charge >= 0.3 is 6.03 Å². The van der Waals surface area contributed by atoms with Crippen LogP contribution < -0.4 is 10.6 Å². The third kappa shape index (κ3) is 3.58. The molecule has 1 aromatic carbocycles. The molecule has 2 atom stereocenters. The number of anilines is 1. The molecule has 2 aromatic rings. The zero-order chi connectivity index (χ0) is 17.9. The molecule has 5 rings (SSSR count). The summed E-state index contributed by atoms with van der Waals surface area (Å²) in [5, 5.41) is 6.30. The van der Waals surface area contributed by atoms with Crippen LogP contribution in [0.25, 0.3) is 0 Å². The van der Waals surface area contributed by atoms with Crippen LogP contribution in [0.1, 0.15) is 24.0 Å². The number of benzene rings is 1. The van der Waals surface area contributed by atoms with Crippen molar-refractivity contribution in [2.75, 3.05) is 18.4 Å². The molecule has 2 N–H and O–H groups in total. The second-order valence-electron chi connectivity index (χ2n) is 7.45. The number of carbonyl (C=O) groups excluding carboxylic acids is 1. The number of piperidine rings is 3. The molecule has 0 saturated carbocycles. The first-order chi connectivity index (χ1) is 12.7. The molecule has 4 heterocycles. The zero-order valence-corrected chi connectivity index (χ0v) is 15.2. The van der Waals surface area contributed by atoms with Crippen LogP contribution in [0.15, 0.2) is 48.8 Å². The normalized spacial score (nSPS) is 27.1. The number of fused-ring (bicyclic) bond motifs is 3. The summed E-state index contributed by atoms with van der Waals surface area (Å²) in [5.41, 5.74) is 3.18. The van der Waals surface area contributed by atoms with Crippen LogP contribution in [0.2, 0.25) is 0 Å². The summed E-state index contributed by atoms with van der Waals surface area (Å²) >= 11 is 0. The van der Waals surface area contributed by atoms with Crippen LogP contribution in [0.4, 0.5) is 10.5 Å². The van der Waals surface area contributed by atoms with Crippen molar-refractivity contribution >= 4 is 11.7 Å². The van der Waals surface area contributed by atoms with Crippen molar-refractivity contribution in [3.05, 3.63) is 59.9 Å². The van der Waals surface area contributed by atoms with E-state index in [1.807, 2.05) is 49.6 Å². The molecule has 3 saturated heterocycles. The number of carbonyl (C=O) groups is 1. The van der Waals surface area contributed by atoms with Gasteiger partial charge in [0.05, 0.1) is 0 Å². The summed E-state index contributed by atoms with van der Waals surface area (Å²) in [7, 11) is 0. The lowest BCUT2D eigenvalue weighted by Crippen LogP contribution is -2.64. The number of para-hydroxylation sites is 1. The average Bonchev–Trinajstić information content (AvgIpc) is 2.67. The van der Waals surface area contributed by atoms with E-state index in [-0.39, 0.29) is 12.1 Å². The van der Waals surface area contributed by atoms with Gasteiger partial charge in [0.25, 0.3) is 0 Å². The van der Waals surface area contributed by atoms with E-state index in [2.05, 4.69) is 26.6 Å². The van der Waals surface area contributed by atoms with E-state index in [4.69, 9.17) is 0 Å². The number of amides is 2.